The van der Waals surface area contributed by atoms with Crippen molar-refractivity contribution in [3.63, 3.8) is 0 Å². The van der Waals surface area contributed by atoms with Gasteiger partial charge in [-0.3, -0.25) is 4.79 Å². The third-order valence-electron chi connectivity index (χ3n) is 3.81. The summed E-state index contributed by atoms with van der Waals surface area (Å²) in [5.74, 6) is -0.872. The van der Waals surface area contributed by atoms with Crippen molar-refractivity contribution in [1.29, 1.82) is 0 Å². The lowest BCUT2D eigenvalue weighted by molar-refractivity contribution is -0.137. The number of primary amides is 1. The molecule has 4 nitrogen and oxygen atoms in total. The summed E-state index contributed by atoms with van der Waals surface area (Å²) in [5, 5.41) is 3.04. The van der Waals surface area contributed by atoms with Gasteiger partial charge < -0.3 is 16.0 Å². The van der Waals surface area contributed by atoms with Crippen LogP contribution < -0.4 is 11.1 Å². The quantitative estimate of drug-likeness (QED) is 0.897. The maximum absolute atomic E-state index is 12.7. The van der Waals surface area contributed by atoms with Crippen LogP contribution in [0.2, 0.25) is 0 Å². The Morgan fingerprint density at radius 2 is 2.19 bits per heavy atom. The largest absolute Gasteiger partial charge is 0.416 e. The van der Waals surface area contributed by atoms with Gasteiger partial charge in [0.05, 0.1) is 11.1 Å². The van der Waals surface area contributed by atoms with Gasteiger partial charge in [0.15, 0.2) is 0 Å². The number of nitrogens with one attached hydrogen (secondary N) is 1. The number of halogens is 3. The van der Waals surface area contributed by atoms with Crippen molar-refractivity contribution in [3.05, 3.63) is 29.3 Å². The normalized spacial score (nSPS) is 19.7. The number of likely N-dealkylation sites (tertiary alicyclic amines) is 1. The van der Waals surface area contributed by atoms with Crippen molar-refractivity contribution in [1.82, 2.24) is 4.90 Å². The van der Waals surface area contributed by atoms with Gasteiger partial charge in [0.25, 0.3) is 5.91 Å². The van der Waals surface area contributed by atoms with Crippen molar-refractivity contribution < 1.29 is 18.0 Å². The smallest absolute Gasteiger partial charge is 0.383 e. The molecule has 0 aromatic heterocycles. The number of hydrogen-bond donors (Lipinski definition) is 2. The third-order valence-corrected chi connectivity index (χ3v) is 3.81. The monoisotopic (exact) mass is 301 g/mol. The summed E-state index contributed by atoms with van der Waals surface area (Å²) in [6, 6.07) is 3.32. The second kappa shape index (κ2) is 5.93. The van der Waals surface area contributed by atoms with Gasteiger partial charge in [-0.1, -0.05) is 0 Å². The van der Waals surface area contributed by atoms with E-state index in [9.17, 15) is 18.0 Å². The Bertz CT molecular complexity index is 531. The van der Waals surface area contributed by atoms with Crippen molar-refractivity contribution in [2.24, 2.45) is 5.73 Å². The van der Waals surface area contributed by atoms with E-state index >= 15 is 0 Å². The molecule has 1 saturated heterocycles. The van der Waals surface area contributed by atoms with Gasteiger partial charge in [-0.25, -0.2) is 0 Å². The predicted octanol–water partition coefficient (Wildman–Crippen LogP) is 2.31. The zero-order valence-corrected chi connectivity index (χ0v) is 11.7. The fourth-order valence-corrected chi connectivity index (χ4v) is 2.54. The van der Waals surface area contributed by atoms with Crippen molar-refractivity contribution in [3.8, 4) is 0 Å². The molecule has 1 aliphatic rings. The van der Waals surface area contributed by atoms with E-state index in [0.717, 1.165) is 31.5 Å². The molecular weight excluding hydrogens is 283 g/mol. The van der Waals surface area contributed by atoms with Gasteiger partial charge in [0, 0.05) is 18.3 Å². The zero-order valence-electron chi connectivity index (χ0n) is 11.7. The van der Waals surface area contributed by atoms with Crippen LogP contribution in [0.25, 0.3) is 0 Å². The highest BCUT2D eigenvalue weighted by atomic mass is 19.4. The average molecular weight is 301 g/mol. The number of rotatable bonds is 4. The fraction of sp³-hybridized carbons (Fsp3) is 0.500. The van der Waals surface area contributed by atoms with E-state index < -0.39 is 17.6 Å². The fourth-order valence-electron chi connectivity index (χ4n) is 2.54. The minimum atomic E-state index is -4.49. The summed E-state index contributed by atoms with van der Waals surface area (Å²) in [6.07, 6.45) is -2.37. The summed E-state index contributed by atoms with van der Waals surface area (Å²) in [5.41, 5.74) is 4.52. The zero-order chi connectivity index (χ0) is 15.6. The maximum atomic E-state index is 12.7. The molecule has 0 unspecified atom stereocenters. The number of likely N-dealkylation sites (N-methyl/N-ethyl adjacent to an activating group) is 1. The second-order valence-electron chi connectivity index (χ2n) is 5.28. The molecule has 1 aromatic carbocycles. The molecule has 0 saturated carbocycles. The molecule has 0 radical (unpaired) electrons. The molecule has 2 rings (SSSR count). The number of nitrogens with two attached hydrogens (primary N) is 1. The Morgan fingerprint density at radius 3 is 2.71 bits per heavy atom. The molecule has 116 valence electrons. The lowest BCUT2D eigenvalue weighted by Crippen LogP contribution is -2.32. The molecule has 0 aliphatic carbocycles. The van der Waals surface area contributed by atoms with Crippen LogP contribution in [-0.4, -0.2) is 37.0 Å². The number of carbonyl (C=O) groups is 1. The van der Waals surface area contributed by atoms with Gasteiger partial charge in [0.1, 0.15) is 0 Å². The summed E-state index contributed by atoms with van der Waals surface area (Å²) in [7, 11) is 2.00. The first-order valence-corrected chi connectivity index (χ1v) is 6.74. The Hall–Kier alpha value is -1.76. The Morgan fingerprint density at radius 1 is 1.48 bits per heavy atom. The van der Waals surface area contributed by atoms with Gasteiger partial charge in [-0.05, 0) is 44.6 Å². The second-order valence-corrected chi connectivity index (χ2v) is 5.28. The first-order chi connectivity index (χ1) is 9.79. The Labute approximate surface area is 121 Å². The first kappa shape index (κ1) is 15.6. The molecule has 1 amide bonds. The minimum Gasteiger partial charge on any atom is -0.383 e. The van der Waals surface area contributed by atoms with Gasteiger partial charge in [-0.2, -0.15) is 13.2 Å². The van der Waals surface area contributed by atoms with E-state index in [1.807, 2.05) is 7.05 Å². The molecule has 1 atom stereocenters. The van der Waals surface area contributed by atoms with Crippen LogP contribution in [0.3, 0.4) is 0 Å². The highest BCUT2D eigenvalue weighted by Crippen LogP contribution is 2.32. The predicted molar refractivity (Wildman–Crippen MR) is 74.1 cm³/mol. The standard InChI is InChI=1S/C14H18F3N3O/c1-20-6-2-3-10(20)8-19-12-5-4-9(14(15,16)17)7-11(12)13(18)21/h4-5,7,10,19H,2-3,6,8H2,1H3,(H2,18,21)/t10-/m0/s1. The van der Waals surface area contributed by atoms with E-state index in [1.165, 1.54) is 6.07 Å². The van der Waals surface area contributed by atoms with Crippen molar-refractivity contribution >= 4 is 11.6 Å². The Balaban J connectivity index is 2.17. The number of anilines is 1. The lowest BCUT2D eigenvalue weighted by Gasteiger charge is -2.21. The molecule has 1 heterocycles. The number of amides is 1. The average Bonchev–Trinajstić information content (AvgIpc) is 2.80. The van der Waals surface area contributed by atoms with Crippen LogP contribution >= 0.6 is 0 Å². The van der Waals surface area contributed by atoms with E-state index in [2.05, 4.69) is 10.2 Å². The van der Waals surface area contributed by atoms with E-state index in [4.69, 9.17) is 5.73 Å². The van der Waals surface area contributed by atoms with Crippen LogP contribution in [0.1, 0.15) is 28.8 Å². The van der Waals surface area contributed by atoms with Crippen LogP contribution in [0.15, 0.2) is 18.2 Å². The molecule has 0 bridgehead atoms. The van der Waals surface area contributed by atoms with E-state index in [-0.39, 0.29) is 5.56 Å². The van der Waals surface area contributed by atoms with Crippen LogP contribution in [-0.2, 0) is 6.18 Å². The lowest BCUT2D eigenvalue weighted by atomic mass is 10.1. The van der Waals surface area contributed by atoms with E-state index in [0.29, 0.717) is 18.3 Å². The van der Waals surface area contributed by atoms with Crippen molar-refractivity contribution in [2.45, 2.75) is 25.1 Å². The van der Waals surface area contributed by atoms with Crippen LogP contribution in [0.4, 0.5) is 18.9 Å². The number of nitrogens with zero attached hydrogens (tertiary/aromatic N) is 1. The molecule has 1 fully saturated rings. The van der Waals surface area contributed by atoms with E-state index in [1.54, 1.807) is 0 Å². The van der Waals surface area contributed by atoms with Gasteiger partial charge in [0.2, 0.25) is 0 Å². The molecule has 3 N–H and O–H groups in total. The summed E-state index contributed by atoms with van der Waals surface area (Å²) < 4.78 is 38.0. The molecule has 0 spiro atoms. The minimum absolute atomic E-state index is 0.134. The summed E-state index contributed by atoms with van der Waals surface area (Å²) in [4.78, 5) is 13.5. The number of hydrogen-bond acceptors (Lipinski definition) is 3. The first-order valence-electron chi connectivity index (χ1n) is 6.74. The Kier molecular flexibility index (Phi) is 4.41. The molecular formula is C14H18F3N3O. The van der Waals surface area contributed by atoms with Crippen LogP contribution in [0, 0.1) is 0 Å². The van der Waals surface area contributed by atoms with Gasteiger partial charge in [-0.15, -0.1) is 0 Å². The SMILES string of the molecule is CN1CCC[C@H]1CNc1ccc(C(F)(F)F)cc1C(N)=O. The molecule has 1 aliphatic heterocycles. The summed E-state index contributed by atoms with van der Waals surface area (Å²) in [6.45, 7) is 1.57. The maximum Gasteiger partial charge on any atom is 0.416 e. The molecule has 21 heavy (non-hydrogen) atoms. The highest BCUT2D eigenvalue weighted by Gasteiger charge is 2.31. The summed E-state index contributed by atoms with van der Waals surface area (Å²) >= 11 is 0. The topological polar surface area (TPSA) is 58.4 Å². The van der Waals surface area contributed by atoms with Crippen LogP contribution in [0.5, 0.6) is 0 Å². The number of carbonyl (C=O) groups excluding carboxylic acids is 1. The van der Waals surface area contributed by atoms with Crippen molar-refractivity contribution in [2.75, 3.05) is 25.5 Å². The number of benzene rings is 1. The highest BCUT2D eigenvalue weighted by molar-refractivity contribution is 5.98. The molecule has 7 heteroatoms. The third kappa shape index (κ3) is 3.66. The molecule has 1 aromatic rings. The van der Waals surface area contributed by atoms with Gasteiger partial charge >= 0.3 is 6.18 Å². The number of alkyl halides is 3.